The zero-order valence-electron chi connectivity index (χ0n) is 9.12. The molecule has 0 atom stereocenters. The molecule has 0 unspecified atom stereocenters. The van der Waals surface area contributed by atoms with E-state index in [9.17, 15) is 8.78 Å². The van der Waals surface area contributed by atoms with Crippen LogP contribution in [0.3, 0.4) is 0 Å². The van der Waals surface area contributed by atoms with Crippen molar-refractivity contribution in [3.63, 3.8) is 0 Å². The summed E-state index contributed by atoms with van der Waals surface area (Å²) in [5.74, 6) is -2.57. The van der Waals surface area contributed by atoms with Crippen LogP contribution in [0.25, 0.3) is 10.2 Å². The molecule has 0 bridgehead atoms. The molecule has 1 saturated carbocycles. The minimum atomic E-state index is -2.57. The van der Waals surface area contributed by atoms with Gasteiger partial charge in [-0.3, -0.25) is 0 Å². The Morgan fingerprint density at radius 2 is 2.00 bits per heavy atom. The molecule has 0 radical (unpaired) electrons. The molecule has 1 fully saturated rings. The van der Waals surface area contributed by atoms with Crippen molar-refractivity contribution < 1.29 is 8.78 Å². The number of halogens is 2. The van der Waals surface area contributed by atoms with Crippen molar-refractivity contribution in [3.8, 4) is 0 Å². The molecule has 0 spiro atoms. The summed E-state index contributed by atoms with van der Waals surface area (Å²) < 4.78 is 27.2. The lowest BCUT2D eigenvalue weighted by Crippen LogP contribution is -2.53. The van der Waals surface area contributed by atoms with E-state index in [4.69, 9.17) is 5.73 Å². The molecule has 0 aliphatic heterocycles. The molecule has 2 aromatic rings. The van der Waals surface area contributed by atoms with Gasteiger partial charge in [-0.2, -0.15) is 0 Å². The lowest BCUT2D eigenvalue weighted by molar-refractivity contribution is -0.123. The minimum absolute atomic E-state index is 0.170. The second kappa shape index (κ2) is 3.46. The van der Waals surface area contributed by atoms with Crippen molar-refractivity contribution >= 4 is 21.6 Å². The van der Waals surface area contributed by atoms with Gasteiger partial charge in [-0.1, -0.05) is 12.1 Å². The third-order valence-electron chi connectivity index (χ3n) is 3.33. The molecule has 1 heterocycles. The molecule has 1 aliphatic rings. The summed E-state index contributed by atoms with van der Waals surface area (Å²) in [4.78, 5) is 4.45. The number of nitrogens with two attached hydrogens (primary N) is 1. The number of hydrogen-bond acceptors (Lipinski definition) is 3. The van der Waals surface area contributed by atoms with Crippen molar-refractivity contribution in [1.29, 1.82) is 0 Å². The first kappa shape index (κ1) is 11.0. The van der Waals surface area contributed by atoms with Crippen LogP contribution in [-0.4, -0.2) is 17.5 Å². The lowest BCUT2D eigenvalue weighted by Gasteiger charge is -2.45. The van der Waals surface area contributed by atoms with Crippen LogP contribution >= 0.6 is 11.3 Å². The highest BCUT2D eigenvalue weighted by Crippen LogP contribution is 2.54. The van der Waals surface area contributed by atoms with Gasteiger partial charge in [0.1, 0.15) is 5.01 Å². The Morgan fingerprint density at radius 3 is 2.59 bits per heavy atom. The molecule has 1 aromatic carbocycles. The molecule has 5 heteroatoms. The molecule has 2 N–H and O–H groups in total. The van der Waals surface area contributed by atoms with Crippen molar-refractivity contribution in [2.45, 2.75) is 24.2 Å². The van der Waals surface area contributed by atoms with Gasteiger partial charge in [-0.05, 0) is 12.1 Å². The molecule has 0 saturated heterocycles. The number of rotatable bonds is 2. The van der Waals surface area contributed by atoms with E-state index in [1.165, 1.54) is 11.3 Å². The van der Waals surface area contributed by atoms with Crippen LogP contribution in [0.5, 0.6) is 0 Å². The van der Waals surface area contributed by atoms with Crippen LogP contribution in [0.2, 0.25) is 0 Å². The maximum atomic E-state index is 13.1. The molecule has 1 aromatic heterocycles. The first-order valence-corrected chi connectivity index (χ1v) is 6.30. The van der Waals surface area contributed by atoms with Crippen LogP contribution in [0.15, 0.2) is 24.3 Å². The predicted octanol–water partition coefficient (Wildman–Crippen LogP) is 2.92. The zero-order valence-corrected chi connectivity index (χ0v) is 9.94. The number of nitrogens with zero attached hydrogens (tertiary/aromatic N) is 1. The quantitative estimate of drug-likeness (QED) is 0.895. The highest BCUT2D eigenvalue weighted by atomic mass is 32.1. The number of thiazole rings is 1. The van der Waals surface area contributed by atoms with Gasteiger partial charge in [0.15, 0.2) is 0 Å². The fourth-order valence-electron chi connectivity index (χ4n) is 2.42. The monoisotopic (exact) mass is 254 g/mol. The van der Waals surface area contributed by atoms with Crippen LogP contribution < -0.4 is 5.73 Å². The van der Waals surface area contributed by atoms with E-state index in [0.29, 0.717) is 0 Å². The van der Waals surface area contributed by atoms with Gasteiger partial charge >= 0.3 is 0 Å². The fraction of sp³-hybridized carbons (Fsp3) is 0.417. The lowest BCUT2D eigenvalue weighted by atomic mass is 9.66. The van der Waals surface area contributed by atoms with E-state index in [0.717, 1.165) is 15.2 Å². The van der Waals surface area contributed by atoms with Gasteiger partial charge in [-0.25, -0.2) is 13.8 Å². The Hall–Kier alpha value is -1.07. The Bertz CT molecular complexity index is 523. The first-order valence-electron chi connectivity index (χ1n) is 5.49. The largest absolute Gasteiger partial charge is 0.329 e. The Labute approximate surface area is 101 Å². The summed E-state index contributed by atoms with van der Waals surface area (Å²) in [5, 5.41) is 0.757. The van der Waals surface area contributed by atoms with Crippen molar-refractivity contribution in [2.24, 2.45) is 5.73 Å². The number of alkyl halides is 2. The zero-order chi connectivity index (χ0) is 12.1. The van der Waals surface area contributed by atoms with Gasteiger partial charge in [0.2, 0.25) is 5.92 Å². The van der Waals surface area contributed by atoms with Gasteiger partial charge in [0.05, 0.1) is 10.2 Å². The maximum Gasteiger partial charge on any atom is 0.250 e. The predicted molar refractivity (Wildman–Crippen MR) is 64.5 cm³/mol. The number of aromatic nitrogens is 1. The maximum absolute atomic E-state index is 13.1. The molecular formula is C12H12F2N2S. The van der Waals surface area contributed by atoms with Crippen LogP contribution in [-0.2, 0) is 5.41 Å². The summed E-state index contributed by atoms with van der Waals surface area (Å²) >= 11 is 1.48. The van der Waals surface area contributed by atoms with Crippen molar-refractivity contribution in [2.75, 3.05) is 6.54 Å². The highest BCUT2D eigenvalue weighted by Gasteiger charge is 2.58. The summed E-state index contributed by atoms with van der Waals surface area (Å²) in [6.07, 6.45) is -0.341. The van der Waals surface area contributed by atoms with E-state index in [2.05, 4.69) is 4.98 Å². The molecule has 2 nitrogen and oxygen atoms in total. The number of benzene rings is 1. The topological polar surface area (TPSA) is 38.9 Å². The number of hydrogen-bond donors (Lipinski definition) is 1. The first-order chi connectivity index (χ1) is 8.05. The third kappa shape index (κ3) is 1.65. The van der Waals surface area contributed by atoms with Crippen molar-refractivity contribution in [3.05, 3.63) is 29.3 Å². The van der Waals surface area contributed by atoms with Crippen LogP contribution in [0.1, 0.15) is 17.8 Å². The molecular weight excluding hydrogens is 242 g/mol. The second-order valence-electron chi connectivity index (χ2n) is 4.68. The Morgan fingerprint density at radius 1 is 1.29 bits per heavy atom. The summed E-state index contributed by atoms with van der Waals surface area (Å²) in [6, 6.07) is 7.68. The summed E-state index contributed by atoms with van der Waals surface area (Å²) in [7, 11) is 0. The average molecular weight is 254 g/mol. The smallest absolute Gasteiger partial charge is 0.250 e. The molecule has 1 aliphatic carbocycles. The van der Waals surface area contributed by atoms with E-state index in [1.807, 2.05) is 24.3 Å². The molecule has 90 valence electrons. The van der Waals surface area contributed by atoms with Crippen molar-refractivity contribution in [1.82, 2.24) is 4.98 Å². The highest BCUT2D eigenvalue weighted by molar-refractivity contribution is 7.18. The van der Waals surface area contributed by atoms with E-state index in [1.54, 1.807) is 0 Å². The third-order valence-corrected chi connectivity index (χ3v) is 4.62. The Balaban J connectivity index is 2.03. The van der Waals surface area contributed by atoms with E-state index >= 15 is 0 Å². The van der Waals surface area contributed by atoms with Crippen LogP contribution in [0.4, 0.5) is 8.78 Å². The van der Waals surface area contributed by atoms with Gasteiger partial charge < -0.3 is 5.73 Å². The SMILES string of the molecule is NCC1(c2nc3ccccc3s2)CC(F)(F)C1. The molecule has 3 rings (SSSR count). The minimum Gasteiger partial charge on any atom is -0.329 e. The van der Waals surface area contributed by atoms with Gasteiger partial charge in [-0.15, -0.1) is 11.3 Å². The summed E-state index contributed by atoms with van der Waals surface area (Å²) in [5.41, 5.74) is 5.94. The summed E-state index contributed by atoms with van der Waals surface area (Å²) in [6.45, 7) is 0.239. The van der Waals surface area contributed by atoms with Gasteiger partial charge in [0, 0.05) is 24.8 Å². The van der Waals surface area contributed by atoms with E-state index < -0.39 is 11.3 Å². The number of para-hydroxylation sites is 1. The van der Waals surface area contributed by atoms with Gasteiger partial charge in [0.25, 0.3) is 0 Å². The number of fused-ring (bicyclic) bond motifs is 1. The second-order valence-corrected chi connectivity index (χ2v) is 5.71. The van der Waals surface area contributed by atoms with Crippen LogP contribution in [0, 0.1) is 0 Å². The molecule has 0 amide bonds. The fourth-order valence-corrected chi connectivity index (χ4v) is 3.58. The Kier molecular flexibility index (Phi) is 2.25. The average Bonchev–Trinajstić information content (AvgIpc) is 2.68. The molecule has 17 heavy (non-hydrogen) atoms. The normalized spacial score (nSPS) is 21.4. The van der Waals surface area contributed by atoms with E-state index in [-0.39, 0.29) is 19.4 Å². The standard InChI is InChI=1S/C12H12F2N2S/c13-12(14)5-11(6-12,7-15)10-16-8-3-1-2-4-9(8)17-10/h1-4H,5-7,15H2.